The molecule has 0 bridgehead atoms. The molecule has 0 aliphatic carbocycles. The van der Waals surface area contributed by atoms with Gasteiger partial charge in [0.05, 0.1) is 11.0 Å². The van der Waals surface area contributed by atoms with Gasteiger partial charge in [-0.15, -0.1) is 11.3 Å². The molecule has 1 heterocycles. The van der Waals surface area contributed by atoms with Crippen LogP contribution in [0.5, 0.6) is 0 Å². The normalized spacial score (nSPS) is 12.6. The number of ketones is 1. The van der Waals surface area contributed by atoms with Crippen molar-refractivity contribution in [1.82, 2.24) is 0 Å². The summed E-state index contributed by atoms with van der Waals surface area (Å²) in [6.45, 7) is 4.14. The third-order valence-electron chi connectivity index (χ3n) is 4.90. The van der Waals surface area contributed by atoms with Gasteiger partial charge in [0, 0.05) is 19.3 Å². The number of benzene rings is 1. The first-order chi connectivity index (χ1) is 14.4. The topological polar surface area (TPSA) is 74.6 Å². The van der Waals surface area contributed by atoms with Gasteiger partial charge in [0.1, 0.15) is 10.7 Å². The van der Waals surface area contributed by atoms with E-state index < -0.39 is 12.1 Å². The van der Waals surface area contributed by atoms with Crippen LogP contribution in [0.4, 0.5) is 0 Å². The molecule has 0 saturated carbocycles. The van der Waals surface area contributed by atoms with Crippen LogP contribution in [0.1, 0.15) is 84.2 Å². The van der Waals surface area contributed by atoms with Gasteiger partial charge in [0.2, 0.25) is 0 Å². The molecule has 30 heavy (non-hydrogen) atoms. The molecule has 0 amide bonds. The van der Waals surface area contributed by atoms with Crippen molar-refractivity contribution in [3.63, 3.8) is 0 Å². The number of unbranched alkanes of at least 4 members (excludes halogenated alkanes) is 2. The lowest BCUT2D eigenvalue weighted by atomic mass is 9.96. The molecular weight excluding hydrogens is 396 g/mol. The molecule has 0 spiro atoms. The lowest BCUT2D eigenvalue weighted by Crippen LogP contribution is -2.08. The molecule has 2 aromatic rings. The summed E-state index contributed by atoms with van der Waals surface area (Å²) >= 11 is 1.16. The van der Waals surface area contributed by atoms with Crippen LogP contribution in [-0.2, 0) is 11.2 Å². The Bertz CT molecular complexity index is 886. The molecule has 1 aromatic carbocycles. The van der Waals surface area contributed by atoms with E-state index in [0.717, 1.165) is 53.0 Å². The fraction of sp³-hybridized carbons (Fsp3) is 0.440. The van der Waals surface area contributed by atoms with Crippen molar-refractivity contribution in [3.8, 4) is 11.8 Å². The minimum atomic E-state index is -0.939. The predicted octanol–water partition coefficient (Wildman–Crippen LogP) is 5.64. The zero-order valence-corrected chi connectivity index (χ0v) is 18.5. The highest BCUT2D eigenvalue weighted by molar-refractivity contribution is 7.14. The number of carbonyl (C=O) groups excluding carboxylic acids is 1. The Hall–Kier alpha value is -2.42. The summed E-state index contributed by atoms with van der Waals surface area (Å²) in [5.41, 5.74) is 1.87. The number of carbonyl (C=O) groups is 2. The van der Waals surface area contributed by atoms with Crippen molar-refractivity contribution in [2.45, 2.75) is 64.9 Å². The predicted molar refractivity (Wildman–Crippen MR) is 121 cm³/mol. The fourth-order valence-electron chi connectivity index (χ4n) is 3.21. The second-order valence-corrected chi connectivity index (χ2v) is 8.84. The molecular formula is C25H30O4S. The van der Waals surface area contributed by atoms with E-state index in [4.69, 9.17) is 5.11 Å². The number of thiophene rings is 1. The van der Waals surface area contributed by atoms with Crippen molar-refractivity contribution < 1.29 is 19.8 Å². The van der Waals surface area contributed by atoms with Crippen molar-refractivity contribution in [2.75, 3.05) is 0 Å². The maximum absolute atomic E-state index is 12.4. The molecule has 0 saturated heterocycles. The molecule has 160 valence electrons. The lowest BCUT2D eigenvalue weighted by molar-refractivity contribution is -0.119. The molecule has 0 fully saturated rings. The maximum Gasteiger partial charge on any atom is 0.345 e. The van der Waals surface area contributed by atoms with E-state index in [1.54, 1.807) is 12.1 Å². The van der Waals surface area contributed by atoms with Crippen LogP contribution in [0, 0.1) is 17.8 Å². The number of aromatic carboxylic acids is 1. The number of Topliss-reactive ketones (excluding diaryl/α,β-unsaturated/α-hetero) is 1. The van der Waals surface area contributed by atoms with Crippen LogP contribution >= 0.6 is 11.3 Å². The smallest absolute Gasteiger partial charge is 0.345 e. The maximum atomic E-state index is 12.4. The van der Waals surface area contributed by atoms with Gasteiger partial charge in [-0.05, 0) is 35.6 Å². The van der Waals surface area contributed by atoms with Crippen molar-refractivity contribution in [3.05, 3.63) is 57.3 Å². The second kappa shape index (κ2) is 12.3. The fourth-order valence-corrected chi connectivity index (χ4v) is 3.92. The van der Waals surface area contributed by atoms with Crippen molar-refractivity contribution in [2.24, 2.45) is 5.92 Å². The van der Waals surface area contributed by atoms with E-state index in [1.165, 1.54) is 0 Å². The van der Waals surface area contributed by atoms with Crippen LogP contribution in [0.15, 0.2) is 36.4 Å². The van der Waals surface area contributed by atoms with Gasteiger partial charge in [-0.25, -0.2) is 4.79 Å². The Balaban J connectivity index is 1.78. The minimum Gasteiger partial charge on any atom is -0.477 e. The SMILES string of the molecule is CCCCCC(O)c1ccc(CC(=O)C[C@@H](C)CC#Cc2ccc(C(=O)O)s2)cc1. The second-order valence-electron chi connectivity index (χ2n) is 7.75. The average molecular weight is 427 g/mol. The Kier molecular flexibility index (Phi) is 9.79. The highest BCUT2D eigenvalue weighted by Gasteiger charge is 2.11. The third kappa shape index (κ3) is 8.14. The summed E-state index contributed by atoms with van der Waals surface area (Å²) in [5, 5.41) is 19.2. The first-order valence-corrected chi connectivity index (χ1v) is 11.3. The van der Waals surface area contributed by atoms with Gasteiger partial charge < -0.3 is 10.2 Å². The largest absolute Gasteiger partial charge is 0.477 e. The summed E-state index contributed by atoms with van der Waals surface area (Å²) in [5.74, 6) is 5.40. The van der Waals surface area contributed by atoms with E-state index in [0.29, 0.717) is 19.3 Å². The van der Waals surface area contributed by atoms with Gasteiger partial charge in [0.15, 0.2) is 0 Å². The Morgan fingerprint density at radius 1 is 1.10 bits per heavy atom. The number of hydrogen-bond acceptors (Lipinski definition) is 4. The van der Waals surface area contributed by atoms with E-state index in [2.05, 4.69) is 18.8 Å². The lowest BCUT2D eigenvalue weighted by Gasteiger charge is -2.11. The third-order valence-corrected chi connectivity index (χ3v) is 5.89. The molecule has 0 aliphatic heterocycles. The van der Waals surface area contributed by atoms with Gasteiger partial charge in [-0.1, -0.05) is 69.2 Å². The quantitative estimate of drug-likeness (QED) is 0.360. The first kappa shape index (κ1) is 23.9. The van der Waals surface area contributed by atoms with Crippen molar-refractivity contribution >= 4 is 23.1 Å². The summed E-state index contributed by atoms with van der Waals surface area (Å²) in [6, 6.07) is 11.0. The first-order valence-electron chi connectivity index (χ1n) is 10.5. The van der Waals surface area contributed by atoms with Gasteiger partial charge >= 0.3 is 5.97 Å². The Morgan fingerprint density at radius 3 is 2.47 bits per heavy atom. The van der Waals surface area contributed by atoms with E-state index in [-0.39, 0.29) is 16.6 Å². The van der Waals surface area contributed by atoms with Crippen LogP contribution in [0.2, 0.25) is 0 Å². The molecule has 2 atom stereocenters. The van der Waals surface area contributed by atoms with E-state index >= 15 is 0 Å². The molecule has 1 aromatic heterocycles. The van der Waals surface area contributed by atoms with E-state index in [1.807, 2.05) is 31.2 Å². The van der Waals surface area contributed by atoms with E-state index in [9.17, 15) is 14.7 Å². The molecule has 1 unspecified atom stereocenters. The number of carboxylic acids is 1. The standard InChI is InChI=1S/C25H30O4S/c1-3-4-5-9-23(27)20-12-10-19(11-13-20)17-21(26)16-18(2)7-6-8-22-14-15-24(30-22)25(28)29/h10-15,18,23,27H,3-5,7,9,16-17H2,1-2H3,(H,28,29)/t18-,23?/m0/s1. The number of aliphatic hydroxyl groups excluding tert-OH is 1. The molecule has 0 radical (unpaired) electrons. The molecule has 0 aliphatic rings. The van der Waals surface area contributed by atoms with Gasteiger partial charge in [-0.3, -0.25) is 4.79 Å². The van der Waals surface area contributed by atoms with Crippen LogP contribution in [0.25, 0.3) is 0 Å². The molecule has 2 N–H and O–H groups in total. The van der Waals surface area contributed by atoms with Crippen molar-refractivity contribution in [1.29, 1.82) is 0 Å². The average Bonchev–Trinajstić information content (AvgIpc) is 3.18. The van der Waals surface area contributed by atoms with Crippen LogP contribution in [-0.4, -0.2) is 22.0 Å². The van der Waals surface area contributed by atoms with Crippen LogP contribution in [0.3, 0.4) is 0 Å². The summed E-state index contributed by atoms with van der Waals surface area (Å²) < 4.78 is 0. The Labute approximate surface area is 183 Å². The monoisotopic (exact) mass is 426 g/mol. The minimum absolute atomic E-state index is 0.142. The molecule has 4 nitrogen and oxygen atoms in total. The van der Waals surface area contributed by atoms with Crippen LogP contribution < -0.4 is 0 Å². The number of aliphatic hydroxyl groups is 1. The zero-order valence-electron chi connectivity index (χ0n) is 17.7. The zero-order chi connectivity index (χ0) is 21.9. The van der Waals surface area contributed by atoms with Gasteiger partial charge in [0.25, 0.3) is 0 Å². The highest BCUT2D eigenvalue weighted by Crippen LogP contribution is 2.21. The number of rotatable bonds is 11. The molecule has 5 heteroatoms. The van der Waals surface area contributed by atoms with Gasteiger partial charge in [-0.2, -0.15) is 0 Å². The summed E-state index contributed by atoms with van der Waals surface area (Å²) in [6.07, 6.45) is 5.06. The summed E-state index contributed by atoms with van der Waals surface area (Å²) in [7, 11) is 0. The Morgan fingerprint density at radius 2 is 1.83 bits per heavy atom. The number of carboxylic acid groups (broad SMARTS) is 1. The summed E-state index contributed by atoms with van der Waals surface area (Å²) in [4.78, 5) is 24.3. The number of hydrogen-bond donors (Lipinski definition) is 2. The molecule has 2 rings (SSSR count). The highest BCUT2D eigenvalue weighted by atomic mass is 32.1.